The molecule has 140 valence electrons. The Labute approximate surface area is 177 Å². The highest BCUT2D eigenvalue weighted by Crippen LogP contribution is 2.35. The van der Waals surface area contributed by atoms with E-state index in [0.29, 0.717) is 27.1 Å². The van der Waals surface area contributed by atoms with Crippen molar-refractivity contribution in [3.8, 4) is 33.9 Å². The van der Waals surface area contributed by atoms with Crippen LogP contribution in [-0.2, 0) is 0 Å². The van der Waals surface area contributed by atoms with Crippen LogP contribution in [0.1, 0.15) is 0 Å². The minimum absolute atomic E-state index is 0.451. The van der Waals surface area contributed by atoms with Crippen molar-refractivity contribution in [2.24, 2.45) is 0 Å². The Morgan fingerprint density at radius 2 is 1.52 bits per heavy atom. The normalized spacial score (nSPS) is 11.1. The molecule has 29 heavy (non-hydrogen) atoms. The average Bonchev–Trinajstić information content (AvgIpc) is 3.18. The second-order valence-corrected chi connectivity index (χ2v) is 7.41. The van der Waals surface area contributed by atoms with Crippen molar-refractivity contribution in [2.75, 3.05) is 0 Å². The molecule has 2 heterocycles. The van der Waals surface area contributed by atoms with E-state index in [9.17, 15) is 0 Å². The quantitative estimate of drug-likeness (QED) is 0.357. The zero-order chi connectivity index (χ0) is 19.8. The number of nitrogens with one attached hydrogen (secondary N) is 1. The van der Waals surface area contributed by atoms with Gasteiger partial charge in [0, 0.05) is 38.8 Å². The standard InChI is InChI=1S/C23H14Cl2N4/c24-15-10-11-17(19(25)12-15)23-27-22(18-13-26-20-9-5-4-8-16(18)20)21(28-29-23)14-6-2-1-3-7-14/h1-13,26H. The first kappa shape index (κ1) is 17.9. The predicted octanol–water partition coefficient (Wildman–Crippen LogP) is 6.66. The fourth-order valence-electron chi connectivity index (χ4n) is 3.36. The lowest BCUT2D eigenvalue weighted by Gasteiger charge is -2.10. The number of H-pyrrole nitrogens is 1. The Balaban J connectivity index is 1.77. The van der Waals surface area contributed by atoms with Gasteiger partial charge in [-0.1, -0.05) is 71.7 Å². The van der Waals surface area contributed by atoms with Gasteiger partial charge < -0.3 is 4.98 Å². The highest BCUT2D eigenvalue weighted by molar-refractivity contribution is 6.36. The Bertz CT molecular complexity index is 1330. The lowest BCUT2D eigenvalue weighted by Crippen LogP contribution is -2.00. The molecule has 0 fully saturated rings. The lowest BCUT2D eigenvalue weighted by atomic mass is 10.0. The number of hydrogen-bond donors (Lipinski definition) is 1. The van der Waals surface area contributed by atoms with Gasteiger partial charge in [0.1, 0.15) is 11.4 Å². The first-order valence-electron chi connectivity index (χ1n) is 9.03. The number of halogens is 2. The van der Waals surface area contributed by atoms with Gasteiger partial charge in [0.2, 0.25) is 0 Å². The van der Waals surface area contributed by atoms with Gasteiger partial charge in [-0.2, -0.15) is 0 Å². The van der Waals surface area contributed by atoms with E-state index < -0.39 is 0 Å². The molecule has 0 aliphatic carbocycles. The molecule has 5 rings (SSSR count). The van der Waals surface area contributed by atoms with Crippen LogP contribution in [0.15, 0.2) is 79.0 Å². The lowest BCUT2D eigenvalue weighted by molar-refractivity contribution is 0.992. The van der Waals surface area contributed by atoms with Crippen molar-refractivity contribution in [2.45, 2.75) is 0 Å². The highest BCUT2D eigenvalue weighted by atomic mass is 35.5. The van der Waals surface area contributed by atoms with Gasteiger partial charge in [0.05, 0.1) is 5.02 Å². The largest absolute Gasteiger partial charge is 0.360 e. The van der Waals surface area contributed by atoms with Crippen molar-refractivity contribution in [1.29, 1.82) is 0 Å². The van der Waals surface area contributed by atoms with E-state index in [-0.39, 0.29) is 0 Å². The first-order valence-corrected chi connectivity index (χ1v) is 9.78. The SMILES string of the molecule is Clc1ccc(-c2nnc(-c3ccccc3)c(-c3c[nH]c4ccccc34)n2)c(Cl)c1. The van der Waals surface area contributed by atoms with Gasteiger partial charge in [-0.15, -0.1) is 10.2 Å². The molecule has 1 N–H and O–H groups in total. The molecule has 0 bridgehead atoms. The summed E-state index contributed by atoms with van der Waals surface area (Å²) >= 11 is 12.4. The molecule has 6 heteroatoms. The van der Waals surface area contributed by atoms with Crippen LogP contribution in [-0.4, -0.2) is 20.2 Å². The van der Waals surface area contributed by atoms with Crippen LogP contribution < -0.4 is 0 Å². The molecule has 5 aromatic rings. The zero-order valence-corrected chi connectivity index (χ0v) is 16.6. The molecular weight excluding hydrogens is 403 g/mol. The number of aromatic nitrogens is 4. The topological polar surface area (TPSA) is 54.5 Å². The van der Waals surface area contributed by atoms with E-state index in [2.05, 4.69) is 21.2 Å². The maximum atomic E-state index is 6.39. The number of rotatable bonds is 3. The molecule has 0 amide bonds. The number of nitrogens with zero attached hydrogens (tertiary/aromatic N) is 3. The van der Waals surface area contributed by atoms with Crippen LogP contribution in [0.2, 0.25) is 10.0 Å². The van der Waals surface area contributed by atoms with Gasteiger partial charge in [-0.05, 0) is 24.3 Å². The maximum absolute atomic E-state index is 6.39. The molecule has 0 radical (unpaired) electrons. The third kappa shape index (κ3) is 3.27. The molecule has 2 aromatic heterocycles. The van der Waals surface area contributed by atoms with E-state index in [1.54, 1.807) is 12.1 Å². The summed E-state index contributed by atoms with van der Waals surface area (Å²) in [6.07, 6.45) is 1.95. The average molecular weight is 417 g/mol. The molecule has 0 aliphatic heterocycles. The van der Waals surface area contributed by atoms with Crippen LogP contribution in [0.4, 0.5) is 0 Å². The number of aromatic amines is 1. The number of para-hydroxylation sites is 1. The van der Waals surface area contributed by atoms with Gasteiger partial charge in [0.15, 0.2) is 5.82 Å². The Morgan fingerprint density at radius 3 is 2.34 bits per heavy atom. The van der Waals surface area contributed by atoms with E-state index in [1.807, 2.05) is 60.8 Å². The molecule has 0 atom stereocenters. The van der Waals surface area contributed by atoms with Crippen molar-refractivity contribution in [1.82, 2.24) is 20.2 Å². The summed E-state index contributed by atoms with van der Waals surface area (Å²) in [4.78, 5) is 8.19. The van der Waals surface area contributed by atoms with Gasteiger partial charge in [0.25, 0.3) is 0 Å². The number of hydrogen-bond acceptors (Lipinski definition) is 3. The maximum Gasteiger partial charge on any atom is 0.183 e. The number of fused-ring (bicyclic) bond motifs is 1. The highest BCUT2D eigenvalue weighted by Gasteiger charge is 2.18. The summed E-state index contributed by atoms with van der Waals surface area (Å²) in [7, 11) is 0. The molecular formula is C23H14Cl2N4. The predicted molar refractivity (Wildman–Crippen MR) is 118 cm³/mol. The summed E-state index contributed by atoms with van der Waals surface area (Å²) in [6.45, 7) is 0. The second-order valence-electron chi connectivity index (χ2n) is 6.57. The fourth-order valence-corrected chi connectivity index (χ4v) is 3.85. The minimum Gasteiger partial charge on any atom is -0.360 e. The zero-order valence-electron chi connectivity index (χ0n) is 15.1. The summed E-state index contributed by atoms with van der Waals surface area (Å²) in [5.74, 6) is 0.451. The Kier molecular flexibility index (Phi) is 4.51. The molecule has 0 aliphatic rings. The van der Waals surface area contributed by atoms with Crippen molar-refractivity contribution < 1.29 is 0 Å². The minimum atomic E-state index is 0.451. The first-order chi connectivity index (χ1) is 14.2. The monoisotopic (exact) mass is 416 g/mol. The third-order valence-electron chi connectivity index (χ3n) is 4.75. The molecule has 3 aromatic carbocycles. The van der Waals surface area contributed by atoms with Gasteiger partial charge in [-0.3, -0.25) is 0 Å². The summed E-state index contributed by atoms with van der Waals surface area (Å²) in [6, 6.07) is 23.3. The summed E-state index contributed by atoms with van der Waals surface area (Å²) in [5.41, 5.74) is 5.08. The van der Waals surface area contributed by atoms with Crippen LogP contribution in [0.3, 0.4) is 0 Å². The van der Waals surface area contributed by atoms with Crippen LogP contribution >= 0.6 is 23.2 Å². The smallest absolute Gasteiger partial charge is 0.183 e. The van der Waals surface area contributed by atoms with Crippen LogP contribution in [0.5, 0.6) is 0 Å². The Hall–Kier alpha value is -3.21. The molecule has 0 saturated heterocycles. The van der Waals surface area contributed by atoms with E-state index in [4.69, 9.17) is 28.2 Å². The van der Waals surface area contributed by atoms with E-state index in [1.165, 1.54) is 0 Å². The second kappa shape index (κ2) is 7.32. The van der Waals surface area contributed by atoms with Crippen molar-refractivity contribution in [3.63, 3.8) is 0 Å². The number of benzene rings is 3. The van der Waals surface area contributed by atoms with Crippen molar-refractivity contribution >= 4 is 34.1 Å². The molecule has 4 nitrogen and oxygen atoms in total. The van der Waals surface area contributed by atoms with Gasteiger partial charge in [-0.25, -0.2) is 4.98 Å². The van der Waals surface area contributed by atoms with Crippen molar-refractivity contribution in [3.05, 3.63) is 89.0 Å². The van der Waals surface area contributed by atoms with Crippen LogP contribution in [0, 0.1) is 0 Å². The Morgan fingerprint density at radius 1 is 0.724 bits per heavy atom. The fraction of sp³-hybridized carbons (Fsp3) is 0. The molecule has 0 saturated carbocycles. The molecule has 0 spiro atoms. The van der Waals surface area contributed by atoms with E-state index in [0.717, 1.165) is 27.7 Å². The molecule has 0 unspecified atom stereocenters. The van der Waals surface area contributed by atoms with Gasteiger partial charge >= 0.3 is 0 Å². The van der Waals surface area contributed by atoms with Crippen LogP contribution in [0.25, 0.3) is 44.8 Å². The summed E-state index contributed by atoms with van der Waals surface area (Å²) < 4.78 is 0. The summed E-state index contributed by atoms with van der Waals surface area (Å²) in [5, 5.41) is 11.0. The third-order valence-corrected chi connectivity index (χ3v) is 5.30. The van der Waals surface area contributed by atoms with E-state index >= 15 is 0 Å².